The van der Waals surface area contributed by atoms with E-state index in [1.165, 1.54) is 6.20 Å². The Bertz CT molecular complexity index is 757. The average molecular weight is 334 g/mol. The Kier molecular flexibility index (Phi) is 4.45. The lowest BCUT2D eigenvalue weighted by atomic mass is 10.0. The van der Waals surface area contributed by atoms with Gasteiger partial charge in [0.25, 0.3) is 5.91 Å². The van der Waals surface area contributed by atoms with Crippen LogP contribution in [0.2, 0.25) is 5.02 Å². The van der Waals surface area contributed by atoms with E-state index < -0.39 is 12.0 Å². The van der Waals surface area contributed by atoms with E-state index in [0.717, 1.165) is 10.9 Å². The fourth-order valence-electron chi connectivity index (χ4n) is 2.68. The topological polar surface area (TPSA) is 91.3 Å². The zero-order valence-corrected chi connectivity index (χ0v) is 13.0. The van der Waals surface area contributed by atoms with Crippen molar-refractivity contribution in [2.24, 2.45) is 0 Å². The minimum absolute atomic E-state index is 0.0842. The van der Waals surface area contributed by atoms with Crippen LogP contribution in [0.5, 0.6) is 0 Å². The second-order valence-corrected chi connectivity index (χ2v) is 6.04. The molecule has 1 aromatic heterocycles. The average Bonchev–Trinajstić information content (AvgIpc) is 2.54. The zero-order chi connectivity index (χ0) is 16.4. The number of pyridine rings is 1. The van der Waals surface area contributed by atoms with E-state index in [0.29, 0.717) is 30.0 Å². The van der Waals surface area contributed by atoms with Crippen LogP contribution in [-0.2, 0) is 4.79 Å². The van der Waals surface area contributed by atoms with Gasteiger partial charge in [0.15, 0.2) is 0 Å². The minimum atomic E-state index is -0.854. The van der Waals surface area contributed by atoms with E-state index in [1.54, 1.807) is 18.2 Å². The number of amides is 1. The predicted molar refractivity (Wildman–Crippen MR) is 86.7 cm³/mol. The zero-order valence-electron chi connectivity index (χ0n) is 12.3. The van der Waals surface area contributed by atoms with Gasteiger partial charge in [0, 0.05) is 29.2 Å². The van der Waals surface area contributed by atoms with Gasteiger partial charge in [-0.3, -0.25) is 14.6 Å². The molecule has 0 saturated carbocycles. The summed E-state index contributed by atoms with van der Waals surface area (Å²) in [4.78, 5) is 27.5. The van der Waals surface area contributed by atoms with Crippen LogP contribution in [0.4, 0.5) is 0 Å². The number of carbonyl (C=O) groups excluding carboxylic acids is 1. The lowest BCUT2D eigenvalue weighted by molar-refractivity contribution is -0.140. The Hall–Kier alpha value is -2.18. The van der Waals surface area contributed by atoms with Gasteiger partial charge >= 0.3 is 5.97 Å². The van der Waals surface area contributed by atoms with E-state index in [4.69, 9.17) is 16.7 Å². The van der Waals surface area contributed by atoms with E-state index in [1.807, 2.05) is 6.07 Å². The molecule has 1 saturated heterocycles. The van der Waals surface area contributed by atoms with E-state index >= 15 is 0 Å². The summed E-state index contributed by atoms with van der Waals surface area (Å²) in [6, 6.07) is 6.47. The number of nitrogens with one attached hydrogen (secondary N) is 2. The quantitative estimate of drug-likeness (QED) is 0.797. The fraction of sp³-hybridized carbons (Fsp3) is 0.312. The molecule has 0 bridgehead atoms. The number of hydrogen-bond acceptors (Lipinski definition) is 4. The maximum Gasteiger partial charge on any atom is 0.320 e. The highest BCUT2D eigenvalue weighted by atomic mass is 35.5. The third kappa shape index (κ3) is 3.60. The van der Waals surface area contributed by atoms with Crippen LogP contribution in [0.1, 0.15) is 23.2 Å². The van der Waals surface area contributed by atoms with Gasteiger partial charge in [-0.2, -0.15) is 0 Å². The van der Waals surface area contributed by atoms with Crippen molar-refractivity contribution in [1.82, 2.24) is 15.6 Å². The number of rotatable bonds is 3. The molecule has 2 unspecified atom stereocenters. The summed E-state index contributed by atoms with van der Waals surface area (Å²) < 4.78 is 0. The van der Waals surface area contributed by atoms with Crippen molar-refractivity contribution in [3.63, 3.8) is 0 Å². The Morgan fingerprint density at radius 2 is 2.13 bits per heavy atom. The van der Waals surface area contributed by atoms with Gasteiger partial charge in [0.1, 0.15) is 6.04 Å². The standard InChI is InChI=1S/C16H16ClN3O3/c17-11-2-1-9-5-10(7-18-14(9)6-11)15(21)20-12-3-4-13(16(22)23)19-8-12/h1-2,5-7,12-13,19H,3-4,8H2,(H,20,21)(H,22,23). The number of halogens is 1. The number of carboxylic acids is 1. The summed E-state index contributed by atoms with van der Waals surface area (Å²) >= 11 is 5.92. The number of carboxylic acid groups (broad SMARTS) is 1. The van der Waals surface area contributed by atoms with Gasteiger partial charge in [-0.05, 0) is 31.0 Å². The van der Waals surface area contributed by atoms with E-state index in [-0.39, 0.29) is 11.9 Å². The van der Waals surface area contributed by atoms with Gasteiger partial charge in [0.05, 0.1) is 11.1 Å². The van der Waals surface area contributed by atoms with Crippen LogP contribution in [0.15, 0.2) is 30.5 Å². The molecule has 1 aromatic carbocycles. The minimum Gasteiger partial charge on any atom is -0.480 e. The Balaban J connectivity index is 1.67. The first kappa shape index (κ1) is 15.7. The molecule has 3 N–H and O–H groups in total. The molecule has 23 heavy (non-hydrogen) atoms. The van der Waals surface area contributed by atoms with Crippen LogP contribution in [0, 0.1) is 0 Å². The molecule has 0 spiro atoms. The number of aliphatic carboxylic acids is 1. The molecule has 1 amide bonds. The maximum atomic E-state index is 12.3. The SMILES string of the molecule is O=C(NC1CCC(C(=O)O)NC1)c1cnc2cc(Cl)ccc2c1. The van der Waals surface area contributed by atoms with Crippen molar-refractivity contribution in [3.05, 3.63) is 41.0 Å². The second-order valence-electron chi connectivity index (χ2n) is 5.61. The Morgan fingerprint density at radius 1 is 1.30 bits per heavy atom. The molecule has 2 atom stereocenters. The van der Waals surface area contributed by atoms with Gasteiger partial charge in [-0.25, -0.2) is 0 Å². The first-order valence-electron chi connectivity index (χ1n) is 7.35. The molecule has 0 radical (unpaired) electrons. The predicted octanol–water partition coefficient (Wildman–Crippen LogP) is 1.82. The van der Waals surface area contributed by atoms with Gasteiger partial charge in [-0.15, -0.1) is 0 Å². The van der Waals surface area contributed by atoms with E-state index in [9.17, 15) is 9.59 Å². The summed E-state index contributed by atoms with van der Waals surface area (Å²) in [5.41, 5.74) is 1.21. The molecule has 1 aliphatic rings. The number of nitrogens with zero attached hydrogens (tertiary/aromatic N) is 1. The highest BCUT2D eigenvalue weighted by Crippen LogP contribution is 2.18. The monoisotopic (exact) mass is 333 g/mol. The number of fused-ring (bicyclic) bond motifs is 1. The first-order chi connectivity index (χ1) is 11.0. The number of carbonyl (C=O) groups is 2. The highest BCUT2D eigenvalue weighted by molar-refractivity contribution is 6.31. The summed E-state index contributed by atoms with van der Waals surface area (Å²) in [6.07, 6.45) is 2.64. The van der Waals surface area contributed by atoms with Crippen molar-refractivity contribution < 1.29 is 14.7 Å². The third-order valence-corrected chi connectivity index (χ3v) is 4.19. The van der Waals surface area contributed by atoms with Gasteiger partial charge in [-0.1, -0.05) is 17.7 Å². The fourth-order valence-corrected chi connectivity index (χ4v) is 2.84. The van der Waals surface area contributed by atoms with Crippen molar-refractivity contribution >= 4 is 34.4 Å². The summed E-state index contributed by atoms with van der Waals surface area (Å²) in [5.74, 6) is -1.07. The summed E-state index contributed by atoms with van der Waals surface area (Å²) in [6.45, 7) is 0.444. The molecule has 0 aliphatic carbocycles. The number of hydrogen-bond donors (Lipinski definition) is 3. The van der Waals surface area contributed by atoms with Crippen molar-refractivity contribution in [3.8, 4) is 0 Å². The summed E-state index contributed by atoms with van der Waals surface area (Å²) in [5, 5.41) is 16.2. The smallest absolute Gasteiger partial charge is 0.320 e. The van der Waals surface area contributed by atoms with Crippen LogP contribution < -0.4 is 10.6 Å². The molecular formula is C16H16ClN3O3. The largest absolute Gasteiger partial charge is 0.480 e. The molecule has 3 rings (SSSR count). The van der Waals surface area contributed by atoms with Crippen LogP contribution in [0.3, 0.4) is 0 Å². The lowest BCUT2D eigenvalue weighted by Crippen LogP contribution is -2.51. The molecule has 2 aromatic rings. The molecule has 1 fully saturated rings. The normalized spacial score (nSPS) is 21.1. The number of piperidine rings is 1. The van der Waals surface area contributed by atoms with Crippen molar-refractivity contribution in [1.29, 1.82) is 0 Å². The lowest BCUT2D eigenvalue weighted by Gasteiger charge is -2.28. The van der Waals surface area contributed by atoms with Crippen LogP contribution >= 0.6 is 11.6 Å². The second kappa shape index (κ2) is 6.52. The molecular weight excluding hydrogens is 318 g/mol. The molecule has 1 aliphatic heterocycles. The van der Waals surface area contributed by atoms with Crippen LogP contribution in [-0.4, -0.2) is 40.6 Å². The number of benzene rings is 1. The van der Waals surface area contributed by atoms with E-state index in [2.05, 4.69) is 15.6 Å². The Labute approximate surface area is 137 Å². The highest BCUT2D eigenvalue weighted by Gasteiger charge is 2.26. The molecule has 2 heterocycles. The van der Waals surface area contributed by atoms with Gasteiger partial charge in [0.2, 0.25) is 0 Å². The van der Waals surface area contributed by atoms with Crippen molar-refractivity contribution in [2.45, 2.75) is 24.9 Å². The Morgan fingerprint density at radius 3 is 2.83 bits per heavy atom. The number of aromatic nitrogens is 1. The first-order valence-corrected chi connectivity index (χ1v) is 7.73. The third-order valence-electron chi connectivity index (χ3n) is 3.96. The molecule has 6 nitrogen and oxygen atoms in total. The van der Waals surface area contributed by atoms with Crippen molar-refractivity contribution in [2.75, 3.05) is 6.54 Å². The maximum absolute atomic E-state index is 12.3. The van der Waals surface area contributed by atoms with Gasteiger partial charge < -0.3 is 15.7 Å². The molecule has 120 valence electrons. The molecule has 7 heteroatoms. The van der Waals surface area contributed by atoms with Crippen LogP contribution in [0.25, 0.3) is 10.9 Å². The summed E-state index contributed by atoms with van der Waals surface area (Å²) in [7, 11) is 0.